The van der Waals surface area contributed by atoms with E-state index in [9.17, 15) is 9.59 Å². The Labute approximate surface area is 194 Å². The Kier molecular flexibility index (Phi) is 5.55. The zero-order valence-corrected chi connectivity index (χ0v) is 18.9. The second kappa shape index (κ2) is 8.67. The molecular weight excluding hydrogens is 436 g/mol. The summed E-state index contributed by atoms with van der Waals surface area (Å²) in [6, 6.07) is 3.23. The Morgan fingerprint density at radius 2 is 2.15 bits per heavy atom. The molecule has 0 spiro atoms. The molecule has 0 radical (unpaired) electrons. The largest absolute Gasteiger partial charge is 0.384 e. The topological polar surface area (TPSA) is 115 Å². The third-order valence-electron chi connectivity index (χ3n) is 5.84. The van der Waals surface area contributed by atoms with Gasteiger partial charge in [-0.2, -0.15) is 0 Å². The molecule has 0 saturated carbocycles. The van der Waals surface area contributed by atoms with Crippen LogP contribution in [0.5, 0.6) is 0 Å². The van der Waals surface area contributed by atoms with Gasteiger partial charge in [0.1, 0.15) is 23.4 Å². The number of rotatable bonds is 5. The summed E-state index contributed by atoms with van der Waals surface area (Å²) in [7, 11) is 0. The number of nitrogens with one attached hydrogen (secondary N) is 2. The van der Waals surface area contributed by atoms with Crippen LogP contribution in [-0.4, -0.2) is 20.4 Å². The van der Waals surface area contributed by atoms with Crippen molar-refractivity contribution in [1.82, 2.24) is 19.9 Å². The second-order valence-corrected chi connectivity index (χ2v) is 9.41. The predicted molar refractivity (Wildman–Crippen MR) is 131 cm³/mol. The number of pyridine rings is 1. The van der Waals surface area contributed by atoms with Gasteiger partial charge in [-0.3, -0.25) is 14.2 Å². The van der Waals surface area contributed by atoms with E-state index in [-0.39, 0.29) is 17.4 Å². The maximum atomic E-state index is 13.3. The van der Waals surface area contributed by atoms with Crippen LogP contribution in [0.2, 0.25) is 0 Å². The summed E-state index contributed by atoms with van der Waals surface area (Å²) < 4.78 is 2.57. The van der Waals surface area contributed by atoms with E-state index in [1.165, 1.54) is 4.57 Å². The zero-order valence-electron chi connectivity index (χ0n) is 18.1. The fourth-order valence-corrected chi connectivity index (χ4v) is 5.24. The van der Waals surface area contributed by atoms with Gasteiger partial charge in [-0.25, -0.2) is 9.97 Å². The van der Waals surface area contributed by atoms with Crippen LogP contribution in [0.15, 0.2) is 65.4 Å². The number of anilines is 2. The van der Waals surface area contributed by atoms with Crippen molar-refractivity contribution in [2.75, 3.05) is 11.1 Å². The number of amides is 1. The van der Waals surface area contributed by atoms with Gasteiger partial charge in [-0.15, -0.1) is 11.3 Å². The highest BCUT2D eigenvalue weighted by Crippen LogP contribution is 2.34. The molecule has 0 bridgehead atoms. The average Bonchev–Trinajstić information content (AvgIpc) is 3.25. The summed E-state index contributed by atoms with van der Waals surface area (Å²) in [5, 5.41) is 7.15. The predicted octanol–water partition coefficient (Wildman–Crippen LogP) is 3.61. The highest BCUT2D eigenvalue weighted by Gasteiger charge is 2.35. The Hall–Kier alpha value is -3.72. The number of thiophene rings is 1. The van der Waals surface area contributed by atoms with E-state index in [4.69, 9.17) is 5.73 Å². The minimum absolute atomic E-state index is 0.0158. The Balaban J connectivity index is 1.35. The first-order valence-electron chi connectivity index (χ1n) is 10.8. The number of allylic oxidation sites excluding steroid dienone is 5. The van der Waals surface area contributed by atoms with E-state index < -0.39 is 6.04 Å². The van der Waals surface area contributed by atoms with Crippen LogP contribution < -0.4 is 21.9 Å². The zero-order chi connectivity index (χ0) is 22.9. The van der Waals surface area contributed by atoms with E-state index in [0.29, 0.717) is 30.3 Å². The van der Waals surface area contributed by atoms with Crippen LogP contribution in [0.1, 0.15) is 42.4 Å². The van der Waals surface area contributed by atoms with Gasteiger partial charge in [0.15, 0.2) is 0 Å². The minimum Gasteiger partial charge on any atom is -0.384 e. The van der Waals surface area contributed by atoms with Gasteiger partial charge >= 0.3 is 0 Å². The third-order valence-corrected chi connectivity index (χ3v) is 6.94. The minimum atomic E-state index is -0.594. The molecule has 1 aliphatic carbocycles. The molecule has 2 atom stereocenters. The van der Waals surface area contributed by atoms with Gasteiger partial charge in [-0.1, -0.05) is 31.2 Å². The number of hydrogen-bond acceptors (Lipinski definition) is 7. The maximum absolute atomic E-state index is 13.3. The molecule has 8 nitrogen and oxygen atoms in total. The van der Waals surface area contributed by atoms with Gasteiger partial charge in [0, 0.05) is 32.8 Å². The molecule has 5 rings (SSSR count). The van der Waals surface area contributed by atoms with Gasteiger partial charge in [0.05, 0.1) is 12.7 Å². The molecule has 0 aromatic carbocycles. The lowest BCUT2D eigenvalue weighted by Crippen LogP contribution is -2.36. The Morgan fingerprint density at radius 1 is 1.27 bits per heavy atom. The molecule has 4 heterocycles. The first-order valence-corrected chi connectivity index (χ1v) is 11.6. The van der Waals surface area contributed by atoms with Crippen LogP contribution in [0.25, 0.3) is 10.1 Å². The molecule has 33 heavy (non-hydrogen) atoms. The van der Waals surface area contributed by atoms with Crippen molar-refractivity contribution in [3.05, 3.63) is 81.7 Å². The number of aromatic nitrogens is 3. The normalized spacial score (nSPS) is 19.2. The summed E-state index contributed by atoms with van der Waals surface area (Å²) in [5.41, 5.74) is 6.71. The fraction of sp³-hybridized carbons (Fsp3) is 0.250. The van der Waals surface area contributed by atoms with Crippen LogP contribution in [-0.2, 0) is 11.3 Å². The van der Waals surface area contributed by atoms with Crippen LogP contribution in [0.3, 0.4) is 0 Å². The monoisotopic (exact) mass is 460 g/mol. The highest BCUT2D eigenvalue weighted by molar-refractivity contribution is 7.19. The molecule has 0 fully saturated rings. The molecule has 1 amide bonds. The molecule has 9 heteroatoms. The first kappa shape index (κ1) is 21.1. The van der Waals surface area contributed by atoms with E-state index in [2.05, 4.69) is 20.6 Å². The van der Waals surface area contributed by atoms with Crippen molar-refractivity contribution in [3.63, 3.8) is 0 Å². The van der Waals surface area contributed by atoms with Gasteiger partial charge in [0.25, 0.3) is 5.56 Å². The van der Waals surface area contributed by atoms with E-state index >= 15 is 0 Å². The molecule has 4 N–H and O–H groups in total. The lowest BCUT2D eigenvalue weighted by Gasteiger charge is -2.15. The molecule has 0 saturated heterocycles. The van der Waals surface area contributed by atoms with Crippen LogP contribution in [0.4, 0.5) is 11.5 Å². The quantitative estimate of drug-likeness (QED) is 0.536. The molecular formula is C24H24N6O2S. The van der Waals surface area contributed by atoms with Crippen molar-refractivity contribution >= 4 is 38.8 Å². The Bertz CT molecular complexity index is 1380. The number of nitrogens with zero attached hydrogens (tertiary/aromatic N) is 3. The molecule has 2 unspecified atom stereocenters. The second-order valence-electron chi connectivity index (χ2n) is 8.24. The maximum Gasteiger partial charge on any atom is 0.277 e. The van der Waals surface area contributed by atoms with E-state index in [0.717, 1.165) is 27.1 Å². The molecule has 2 aliphatic rings. The average molecular weight is 461 g/mol. The SMILES string of the molecule is CC1CC(C(=O)NCc2cc3cnc(N)cc3s2)n2c1ncc(NC1=CCC=CC=C1)c2=O. The smallest absolute Gasteiger partial charge is 0.277 e. The van der Waals surface area contributed by atoms with Crippen molar-refractivity contribution < 1.29 is 4.79 Å². The summed E-state index contributed by atoms with van der Waals surface area (Å²) in [5.74, 6) is 0.942. The Morgan fingerprint density at radius 3 is 3.03 bits per heavy atom. The third kappa shape index (κ3) is 4.19. The highest BCUT2D eigenvalue weighted by atomic mass is 32.1. The molecule has 3 aromatic rings. The number of nitrogens with two attached hydrogens (primary N) is 1. The first-order chi connectivity index (χ1) is 16.0. The lowest BCUT2D eigenvalue weighted by molar-refractivity contribution is -0.124. The van der Waals surface area contributed by atoms with E-state index in [1.54, 1.807) is 23.7 Å². The lowest BCUT2D eigenvalue weighted by atomic mass is 10.1. The number of nitrogen functional groups attached to an aromatic ring is 1. The van der Waals surface area contributed by atoms with E-state index in [1.807, 2.05) is 49.4 Å². The molecule has 3 aromatic heterocycles. The fourth-order valence-electron chi connectivity index (χ4n) is 4.21. The van der Waals surface area contributed by atoms with Crippen molar-refractivity contribution in [2.45, 2.75) is 38.3 Å². The van der Waals surface area contributed by atoms with Crippen molar-refractivity contribution in [1.29, 1.82) is 0 Å². The standard InChI is InChI=1S/C24H24N6O2S/c1-14-8-19(23(31)28-12-17-9-15-11-26-21(25)10-20(15)33-17)30-22(14)27-13-18(24(30)32)29-16-6-4-2-3-5-7-16/h2-4,6-7,9-11,13-14,19,29H,5,8,12H2,1H3,(H2,25,26)(H,28,31). The van der Waals surface area contributed by atoms with Crippen molar-refractivity contribution in [2.24, 2.45) is 0 Å². The van der Waals surface area contributed by atoms with Gasteiger partial charge < -0.3 is 16.4 Å². The number of hydrogen-bond donors (Lipinski definition) is 3. The van der Waals surface area contributed by atoms with Crippen LogP contribution in [0, 0.1) is 0 Å². The number of fused-ring (bicyclic) bond motifs is 2. The van der Waals surface area contributed by atoms with Crippen molar-refractivity contribution in [3.8, 4) is 0 Å². The van der Waals surface area contributed by atoms with Gasteiger partial charge in [0.2, 0.25) is 5.91 Å². The molecule has 1 aliphatic heterocycles. The molecule has 168 valence electrons. The summed E-state index contributed by atoms with van der Waals surface area (Å²) in [4.78, 5) is 36.0. The number of carbonyl (C=O) groups is 1. The van der Waals surface area contributed by atoms with Crippen LogP contribution >= 0.6 is 11.3 Å². The summed E-state index contributed by atoms with van der Waals surface area (Å²) in [6.45, 7) is 2.37. The van der Waals surface area contributed by atoms with Gasteiger partial charge in [-0.05, 0) is 31.1 Å². The summed E-state index contributed by atoms with van der Waals surface area (Å²) in [6.07, 6.45) is 14.4. The number of carbonyl (C=O) groups excluding carboxylic acids is 1. The summed E-state index contributed by atoms with van der Waals surface area (Å²) >= 11 is 1.57.